The van der Waals surface area contributed by atoms with Gasteiger partial charge in [-0.15, -0.1) is 0 Å². The molecule has 3 rings (SSSR count). The molecule has 0 spiro atoms. The van der Waals surface area contributed by atoms with Crippen molar-refractivity contribution in [3.8, 4) is 5.69 Å². The second kappa shape index (κ2) is 7.37. The topological polar surface area (TPSA) is 90.1 Å². The number of amides is 1. The molecule has 3 aromatic rings. The third-order valence-electron chi connectivity index (χ3n) is 3.92. The molecular weight excluding hydrogens is 356 g/mol. The summed E-state index contributed by atoms with van der Waals surface area (Å²) in [5.41, 5.74) is 1.66. The van der Waals surface area contributed by atoms with Crippen molar-refractivity contribution >= 4 is 23.2 Å². The van der Waals surface area contributed by atoms with E-state index in [1.807, 2.05) is 42.0 Å². The van der Waals surface area contributed by atoms with E-state index in [1.54, 1.807) is 6.20 Å². The maximum absolute atomic E-state index is 12.4. The van der Waals surface area contributed by atoms with Gasteiger partial charge in [0.25, 0.3) is 11.6 Å². The number of nitrogens with one attached hydrogen (secondary N) is 1. The Hall–Kier alpha value is -3.19. The molecule has 0 unspecified atom stereocenters. The summed E-state index contributed by atoms with van der Waals surface area (Å²) in [6.07, 6.45) is 3.54. The number of benzene rings is 2. The van der Waals surface area contributed by atoms with E-state index in [2.05, 4.69) is 10.3 Å². The highest BCUT2D eigenvalue weighted by atomic mass is 35.5. The molecule has 0 radical (unpaired) electrons. The Labute approximate surface area is 154 Å². The summed E-state index contributed by atoms with van der Waals surface area (Å²) >= 11 is 6.01. The largest absolute Gasteiger partial charge is 0.348 e. The van der Waals surface area contributed by atoms with Crippen LogP contribution in [0.25, 0.3) is 5.69 Å². The van der Waals surface area contributed by atoms with Crippen LogP contribution in [0.5, 0.6) is 0 Å². The molecule has 0 atom stereocenters. The van der Waals surface area contributed by atoms with Crippen LogP contribution in [-0.4, -0.2) is 20.4 Å². The van der Waals surface area contributed by atoms with Crippen LogP contribution in [0.15, 0.2) is 54.9 Å². The number of aryl methyl sites for hydroxylation is 1. The summed E-state index contributed by atoms with van der Waals surface area (Å²) in [6.45, 7) is 2.13. The van der Waals surface area contributed by atoms with Gasteiger partial charge < -0.3 is 9.88 Å². The smallest absolute Gasteiger partial charge is 0.270 e. The number of halogens is 1. The van der Waals surface area contributed by atoms with Gasteiger partial charge in [0, 0.05) is 31.1 Å². The van der Waals surface area contributed by atoms with Gasteiger partial charge in [0.1, 0.15) is 5.82 Å². The van der Waals surface area contributed by atoms with Crippen LogP contribution in [0.3, 0.4) is 0 Å². The first-order valence-electron chi connectivity index (χ1n) is 7.77. The average molecular weight is 371 g/mol. The lowest BCUT2D eigenvalue weighted by Crippen LogP contribution is -2.24. The van der Waals surface area contributed by atoms with Crippen molar-refractivity contribution in [1.29, 1.82) is 0 Å². The molecule has 26 heavy (non-hydrogen) atoms. The second-order valence-electron chi connectivity index (χ2n) is 5.58. The van der Waals surface area contributed by atoms with E-state index in [1.165, 1.54) is 18.2 Å². The number of carbonyl (C=O) groups excluding carboxylic acids is 1. The van der Waals surface area contributed by atoms with Crippen LogP contribution in [0.2, 0.25) is 5.02 Å². The minimum absolute atomic E-state index is 0.0668. The highest BCUT2D eigenvalue weighted by Gasteiger charge is 2.16. The average Bonchev–Trinajstić information content (AvgIpc) is 3.06. The van der Waals surface area contributed by atoms with Gasteiger partial charge in [0.05, 0.1) is 21.2 Å². The Morgan fingerprint density at radius 3 is 2.77 bits per heavy atom. The molecule has 0 saturated heterocycles. The summed E-state index contributed by atoms with van der Waals surface area (Å²) in [5.74, 6) is 0.348. The van der Waals surface area contributed by atoms with Crippen LogP contribution >= 0.6 is 11.6 Å². The molecule has 0 bridgehead atoms. The number of nitro groups is 1. The van der Waals surface area contributed by atoms with Crippen molar-refractivity contribution in [1.82, 2.24) is 14.9 Å². The fourth-order valence-corrected chi connectivity index (χ4v) is 2.80. The first kappa shape index (κ1) is 17.6. The number of nitro benzene ring substituents is 1. The number of hydrogen-bond donors (Lipinski definition) is 1. The van der Waals surface area contributed by atoms with E-state index in [9.17, 15) is 14.9 Å². The monoisotopic (exact) mass is 370 g/mol. The molecule has 1 amide bonds. The molecule has 0 fully saturated rings. The number of para-hydroxylation sites is 1. The van der Waals surface area contributed by atoms with E-state index in [-0.39, 0.29) is 22.8 Å². The van der Waals surface area contributed by atoms with Crippen LogP contribution in [0, 0.1) is 17.0 Å². The lowest BCUT2D eigenvalue weighted by molar-refractivity contribution is -0.384. The highest BCUT2D eigenvalue weighted by Crippen LogP contribution is 2.22. The third kappa shape index (κ3) is 3.57. The minimum Gasteiger partial charge on any atom is -0.348 e. The van der Waals surface area contributed by atoms with Crippen LogP contribution in [-0.2, 0) is 6.54 Å². The van der Waals surface area contributed by atoms with E-state index in [4.69, 9.17) is 11.6 Å². The normalized spacial score (nSPS) is 10.5. The Morgan fingerprint density at radius 1 is 1.31 bits per heavy atom. The molecule has 2 aromatic carbocycles. The SMILES string of the molecule is Cc1nccn1-c1ccccc1CNC(=O)c1cc([N+](=O)[O-])ccc1Cl. The van der Waals surface area contributed by atoms with Crippen LogP contribution in [0.1, 0.15) is 21.7 Å². The van der Waals surface area contributed by atoms with Crippen molar-refractivity contribution in [2.75, 3.05) is 0 Å². The van der Waals surface area contributed by atoms with Crippen LogP contribution < -0.4 is 5.32 Å². The number of non-ortho nitro benzene ring substituents is 1. The van der Waals surface area contributed by atoms with Gasteiger partial charge in [-0.05, 0) is 24.6 Å². The van der Waals surface area contributed by atoms with Crippen molar-refractivity contribution in [2.45, 2.75) is 13.5 Å². The van der Waals surface area contributed by atoms with Gasteiger partial charge in [0.15, 0.2) is 0 Å². The van der Waals surface area contributed by atoms with Crippen molar-refractivity contribution in [3.63, 3.8) is 0 Å². The number of carbonyl (C=O) groups is 1. The molecule has 132 valence electrons. The molecule has 1 N–H and O–H groups in total. The van der Waals surface area contributed by atoms with Crippen molar-refractivity contribution in [2.24, 2.45) is 0 Å². The number of hydrogen-bond acceptors (Lipinski definition) is 4. The molecule has 0 aliphatic rings. The Kier molecular flexibility index (Phi) is 4.99. The first-order chi connectivity index (χ1) is 12.5. The van der Waals surface area contributed by atoms with E-state index < -0.39 is 10.8 Å². The zero-order chi connectivity index (χ0) is 18.7. The molecule has 1 heterocycles. The lowest BCUT2D eigenvalue weighted by Gasteiger charge is -2.13. The second-order valence-corrected chi connectivity index (χ2v) is 5.98. The van der Waals surface area contributed by atoms with Gasteiger partial charge in [-0.25, -0.2) is 4.98 Å². The maximum atomic E-state index is 12.4. The number of rotatable bonds is 5. The lowest BCUT2D eigenvalue weighted by atomic mass is 10.1. The number of aromatic nitrogens is 2. The zero-order valence-corrected chi connectivity index (χ0v) is 14.6. The van der Waals surface area contributed by atoms with E-state index >= 15 is 0 Å². The zero-order valence-electron chi connectivity index (χ0n) is 13.8. The predicted molar refractivity (Wildman–Crippen MR) is 97.6 cm³/mol. The van der Waals surface area contributed by atoms with Gasteiger partial charge in [-0.1, -0.05) is 29.8 Å². The molecule has 0 saturated carbocycles. The predicted octanol–water partition coefficient (Wildman–Crippen LogP) is 3.67. The first-order valence-corrected chi connectivity index (χ1v) is 8.15. The summed E-state index contributed by atoms with van der Waals surface area (Å²) in [4.78, 5) is 27.0. The van der Waals surface area contributed by atoms with Crippen molar-refractivity contribution < 1.29 is 9.72 Å². The minimum atomic E-state index is -0.565. The Bertz CT molecular complexity index is 984. The summed E-state index contributed by atoms with van der Waals surface area (Å²) in [5, 5.41) is 13.8. The quantitative estimate of drug-likeness (QED) is 0.548. The number of imidazole rings is 1. The van der Waals surface area contributed by atoms with Crippen LogP contribution in [0.4, 0.5) is 5.69 Å². The van der Waals surface area contributed by atoms with Crippen molar-refractivity contribution in [3.05, 3.63) is 86.9 Å². The number of nitrogens with zero attached hydrogens (tertiary/aromatic N) is 3. The van der Waals surface area contributed by atoms with Gasteiger partial charge in [-0.2, -0.15) is 0 Å². The Morgan fingerprint density at radius 2 is 2.08 bits per heavy atom. The summed E-state index contributed by atoms with van der Waals surface area (Å²) in [7, 11) is 0. The van der Waals surface area contributed by atoms with Gasteiger partial charge >= 0.3 is 0 Å². The van der Waals surface area contributed by atoms with Gasteiger partial charge in [0.2, 0.25) is 0 Å². The summed E-state index contributed by atoms with van der Waals surface area (Å²) in [6, 6.07) is 11.4. The van der Waals surface area contributed by atoms with Gasteiger partial charge in [-0.3, -0.25) is 14.9 Å². The molecule has 8 heteroatoms. The highest BCUT2D eigenvalue weighted by molar-refractivity contribution is 6.33. The molecule has 1 aromatic heterocycles. The molecule has 0 aliphatic carbocycles. The molecular formula is C18H15ClN4O3. The van der Waals surface area contributed by atoms with E-state index in [0.29, 0.717) is 0 Å². The molecule has 7 nitrogen and oxygen atoms in total. The molecule has 0 aliphatic heterocycles. The summed E-state index contributed by atoms with van der Waals surface area (Å²) < 4.78 is 1.92. The standard InChI is InChI=1S/C18H15ClN4O3/c1-12-20-8-9-22(12)17-5-3-2-4-13(17)11-21-18(24)15-10-14(23(25)26)6-7-16(15)19/h2-10H,11H2,1H3,(H,21,24). The Balaban J connectivity index is 1.82. The van der Waals surface area contributed by atoms with E-state index in [0.717, 1.165) is 17.1 Å². The third-order valence-corrected chi connectivity index (χ3v) is 4.25. The fraction of sp³-hybridized carbons (Fsp3) is 0.111. The fourth-order valence-electron chi connectivity index (χ4n) is 2.60. The maximum Gasteiger partial charge on any atom is 0.270 e.